The molecule has 2 heterocycles. The van der Waals surface area contributed by atoms with E-state index in [1.54, 1.807) is 6.20 Å². The summed E-state index contributed by atoms with van der Waals surface area (Å²) < 4.78 is 0. The average Bonchev–Trinajstić information content (AvgIpc) is 2.88. The van der Waals surface area contributed by atoms with Crippen molar-refractivity contribution in [3.63, 3.8) is 0 Å². The monoisotopic (exact) mass is 408 g/mol. The molecule has 4 aromatic carbocycles. The van der Waals surface area contributed by atoms with Crippen LogP contribution in [-0.4, -0.2) is 9.97 Å². The van der Waals surface area contributed by atoms with E-state index in [2.05, 4.69) is 96.0 Å². The van der Waals surface area contributed by atoms with Gasteiger partial charge in [-0.25, -0.2) is 4.98 Å². The second-order valence-corrected chi connectivity index (χ2v) is 7.98. The van der Waals surface area contributed by atoms with Crippen LogP contribution >= 0.6 is 0 Å². The Hall–Kier alpha value is -4.30. The summed E-state index contributed by atoms with van der Waals surface area (Å²) in [6.07, 6.45) is 3.70. The zero-order valence-corrected chi connectivity index (χ0v) is 17.4. The fourth-order valence-electron chi connectivity index (χ4n) is 4.20. The van der Waals surface area contributed by atoms with Crippen LogP contribution in [0.2, 0.25) is 0 Å². The van der Waals surface area contributed by atoms with Crippen molar-refractivity contribution in [3.8, 4) is 33.5 Å². The van der Waals surface area contributed by atoms with Crippen LogP contribution in [-0.2, 0) is 0 Å². The number of nitrogens with zero attached hydrogens (tertiary/aromatic N) is 2. The highest BCUT2D eigenvalue weighted by Gasteiger charge is 2.05. The molecule has 0 radical (unpaired) electrons. The highest BCUT2D eigenvalue weighted by molar-refractivity contribution is 5.91. The molecule has 0 amide bonds. The highest BCUT2D eigenvalue weighted by Crippen LogP contribution is 2.30. The molecule has 0 aliphatic carbocycles. The number of pyridine rings is 2. The maximum absolute atomic E-state index is 4.85. The molecule has 0 atom stereocenters. The van der Waals surface area contributed by atoms with Crippen LogP contribution in [0.25, 0.3) is 55.2 Å². The lowest BCUT2D eigenvalue weighted by Gasteiger charge is -2.08. The zero-order valence-electron chi connectivity index (χ0n) is 17.4. The molecule has 150 valence electrons. The molecule has 0 unspecified atom stereocenters. The Morgan fingerprint density at radius 3 is 1.88 bits per heavy atom. The smallest absolute Gasteiger partial charge is 0.0709 e. The van der Waals surface area contributed by atoms with E-state index in [1.807, 2.05) is 24.4 Å². The molecule has 6 rings (SSSR count). The summed E-state index contributed by atoms with van der Waals surface area (Å²) in [6.45, 7) is 0. The van der Waals surface area contributed by atoms with Crippen molar-refractivity contribution in [2.75, 3.05) is 0 Å². The fraction of sp³-hybridized carbons (Fsp3) is 0. The van der Waals surface area contributed by atoms with Crippen LogP contribution in [0.15, 0.2) is 122 Å². The first kappa shape index (κ1) is 18.5. The van der Waals surface area contributed by atoms with E-state index in [4.69, 9.17) is 4.98 Å². The van der Waals surface area contributed by atoms with Gasteiger partial charge in [-0.1, -0.05) is 78.9 Å². The summed E-state index contributed by atoms with van der Waals surface area (Å²) in [5, 5.41) is 3.60. The third-order valence-corrected chi connectivity index (χ3v) is 5.95. The molecule has 2 heteroatoms. The first-order chi connectivity index (χ1) is 15.8. The third-order valence-electron chi connectivity index (χ3n) is 5.95. The maximum atomic E-state index is 4.85. The van der Waals surface area contributed by atoms with Gasteiger partial charge in [0.05, 0.1) is 11.2 Å². The number of aromatic nitrogens is 2. The van der Waals surface area contributed by atoms with Crippen LogP contribution in [0.5, 0.6) is 0 Å². The summed E-state index contributed by atoms with van der Waals surface area (Å²) >= 11 is 0. The van der Waals surface area contributed by atoms with Gasteiger partial charge in [-0.2, -0.15) is 0 Å². The Kier molecular flexibility index (Phi) is 4.47. The lowest BCUT2D eigenvalue weighted by molar-refractivity contribution is 1.33. The largest absolute Gasteiger partial charge is 0.264 e. The Morgan fingerprint density at radius 1 is 0.438 bits per heavy atom. The molecule has 0 N–H and O–H groups in total. The third kappa shape index (κ3) is 3.42. The number of rotatable bonds is 3. The molecule has 32 heavy (non-hydrogen) atoms. The summed E-state index contributed by atoms with van der Waals surface area (Å²) in [7, 11) is 0. The molecule has 6 aromatic rings. The van der Waals surface area contributed by atoms with Gasteiger partial charge in [0.2, 0.25) is 0 Å². The van der Waals surface area contributed by atoms with Gasteiger partial charge in [-0.15, -0.1) is 0 Å². The van der Waals surface area contributed by atoms with Gasteiger partial charge in [-0.05, 0) is 63.4 Å². The van der Waals surface area contributed by atoms with E-state index < -0.39 is 0 Å². The van der Waals surface area contributed by atoms with E-state index in [9.17, 15) is 0 Å². The highest BCUT2D eigenvalue weighted by atomic mass is 14.7. The number of benzene rings is 4. The van der Waals surface area contributed by atoms with Gasteiger partial charge in [0.15, 0.2) is 0 Å². The molecule has 0 aliphatic heterocycles. The second kappa shape index (κ2) is 7.75. The molecule has 0 aliphatic rings. The van der Waals surface area contributed by atoms with Crippen LogP contribution < -0.4 is 0 Å². The van der Waals surface area contributed by atoms with Crippen LogP contribution in [0.3, 0.4) is 0 Å². The normalized spacial score (nSPS) is 11.1. The quantitative estimate of drug-likeness (QED) is 0.299. The Morgan fingerprint density at radius 2 is 1.09 bits per heavy atom. The Labute approximate surface area is 186 Å². The number of hydrogen-bond donors (Lipinski definition) is 0. The van der Waals surface area contributed by atoms with Crippen LogP contribution in [0.1, 0.15) is 0 Å². The standard InChI is InChI=1S/C30H20N2/c1-2-6-29-23(4-1)15-16-30(32-29)27-14-13-25-18-24(11-12-26(25)19-27)21-7-9-22(10-8-21)28-5-3-17-31-20-28/h1-20H. The summed E-state index contributed by atoms with van der Waals surface area (Å²) in [5.41, 5.74) is 7.89. The molecule has 2 nitrogen and oxygen atoms in total. The molecule has 0 saturated carbocycles. The fourth-order valence-corrected chi connectivity index (χ4v) is 4.20. The topological polar surface area (TPSA) is 25.8 Å². The van der Waals surface area contributed by atoms with Gasteiger partial charge < -0.3 is 0 Å². The minimum atomic E-state index is 1.00. The first-order valence-electron chi connectivity index (χ1n) is 10.7. The molecule has 0 spiro atoms. The van der Waals surface area contributed by atoms with Crippen molar-refractivity contribution in [1.82, 2.24) is 9.97 Å². The molecule has 2 aromatic heterocycles. The summed E-state index contributed by atoms with van der Waals surface area (Å²) in [4.78, 5) is 9.06. The number of para-hydroxylation sites is 1. The predicted octanol–water partition coefficient (Wildman–Crippen LogP) is 7.78. The van der Waals surface area contributed by atoms with Crippen molar-refractivity contribution in [2.24, 2.45) is 0 Å². The van der Waals surface area contributed by atoms with Crippen molar-refractivity contribution in [3.05, 3.63) is 122 Å². The van der Waals surface area contributed by atoms with Gasteiger partial charge >= 0.3 is 0 Å². The van der Waals surface area contributed by atoms with Gasteiger partial charge in [-0.3, -0.25) is 4.98 Å². The zero-order chi connectivity index (χ0) is 21.3. The van der Waals surface area contributed by atoms with Gasteiger partial charge in [0.1, 0.15) is 0 Å². The van der Waals surface area contributed by atoms with Crippen molar-refractivity contribution >= 4 is 21.7 Å². The van der Waals surface area contributed by atoms with E-state index >= 15 is 0 Å². The Balaban J connectivity index is 1.33. The second-order valence-electron chi connectivity index (χ2n) is 7.98. The molecular formula is C30H20N2. The lowest BCUT2D eigenvalue weighted by Crippen LogP contribution is -1.86. The van der Waals surface area contributed by atoms with Crippen molar-refractivity contribution in [2.45, 2.75) is 0 Å². The van der Waals surface area contributed by atoms with Crippen molar-refractivity contribution < 1.29 is 0 Å². The molecule has 0 fully saturated rings. The number of hydrogen-bond acceptors (Lipinski definition) is 2. The molecular weight excluding hydrogens is 388 g/mol. The summed E-state index contributed by atoms with van der Waals surface area (Å²) in [6, 6.07) is 38.4. The van der Waals surface area contributed by atoms with Gasteiger partial charge in [0, 0.05) is 23.3 Å². The minimum absolute atomic E-state index is 1.00. The van der Waals surface area contributed by atoms with Crippen LogP contribution in [0, 0.1) is 0 Å². The maximum Gasteiger partial charge on any atom is 0.0709 e. The van der Waals surface area contributed by atoms with E-state index in [-0.39, 0.29) is 0 Å². The average molecular weight is 409 g/mol. The Bertz CT molecular complexity index is 1550. The molecule has 0 saturated heterocycles. The number of fused-ring (bicyclic) bond motifs is 2. The van der Waals surface area contributed by atoms with Crippen molar-refractivity contribution in [1.29, 1.82) is 0 Å². The first-order valence-corrected chi connectivity index (χ1v) is 10.7. The summed E-state index contributed by atoms with van der Waals surface area (Å²) in [5.74, 6) is 0. The van der Waals surface area contributed by atoms with E-state index in [0.29, 0.717) is 0 Å². The predicted molar refractivity (Wildman–Crippen MR) is 133 cm³/mol. The van der Waals surface area contributed by atoms with Crippen LogP contribution in [0.4, 0.5) is 0 Å². The minimum Gasteiger partial charge on any atom is -0.264 e. The van der Waals surface area contributed by atoms with E-state index in [0.717, 1.165) is 27.7 Å². The van der Waals surface area contributed by atoms with Gasteiger partial charge in [0.25, 0.3) is 0 Å². The molecule has 0 bridgehead atoms. The lowest BCUT2D eigenvalue weighted by atomic mass is 9.97. The van der Waals surface area contributed by atoms with E-state index in [1.165, 1.54) is 27.5 Å². The SMILES string of the molecule is c1cncc(-c2ccc(-c3ccc4cc(-c5ccc6ccccc6n5)ccc4c3)cc2)c1.